The van der Waals surface area contributed by atoms with E-state index in [9.17, 15) is 29.6 Å². The number of benzene rings is 1. The number of methoxy groups -OCH3 is 1. The Morgan fingerprint density at radius 3 is 2.47 bits per heavy atom. The van der Waals surface area contributed by atoms with Crippen molar-refractivity contribution >= 4 is 23.6 Å². The molecule has 1 saturated carbocycles. The van der Waals surface area contributed by atoms with Crippen LogP contribution in [0.1, 0.15) is 46.6 Å². The number of aliphatic hydroxyl groups is 1. The van der Waals surface area contributed by atoms with Crippen molar-refractivity contribution in [1.29, 1.82) is 0 Å². The second kappa shape index (κ2) is 7.44. The first kappa shape index (κ1) is 23.5. The maximum atomic E-state index is 13.9. The summed E-state index contributed by atoms with van der Waals surface area (Å²) < 4.78 is 10.7. The van der Waals surface area contributed by atoms with Crippen molar-refractivity contribution < 1.29 is 33.9 Å². The van der Waals surface area contributed by atoms with Crippen molar-refractivity contribution in [2.75, 3.05) is 12.0 Å². The molecular formula is C21H27N3O8. The van der Waals surface area contributed by atoms with E-state index in [1.165, 1.54) is 32.2 Å². The van der Waals surface area contributed by atoms with Crippen LogP contribution in [0.15, 0.2) is 18.2 Å². The molecule has 32 heavy (non-hydrogen) atoms. The number of ether oxygens (including phenoxy) is 2. The predicted octanol–water partition coefficient (Wildman–Crippen LogP) is 1.52. The normalized spacial score (nSPS) is 29.1. The number of hydrogen-bond acceptors (Lipinski definition) is 8. The molecule has 3 rings (SSSR count). The molecule has 3 amide bonds. The maximum absolute atomic E-state index is 13.9. The summed E-state index contributed by atoms with van der Waals surface area (Å²) in [6, 6.07) is 1.38. The Morgan fingerprint density at radius 2 is 1.97 bits per heavy atom. The number of fused-ring (bicyclic) bond motifs is 2. The minimum absolute atomic E-state index is 0.153. The van der Waals surface area contributed by atoms with Crippen molar-refractivity contribution in [2.24, 2.45) is 0 Å². The molecule has 1 aliphatic carbocycles. The molecule has 11 heteroatoms. The van der Waals surface area contributed by atoms with Crippen LogP contribution in [-0.2, 0) is 19.7 Å². The van der Waals surface area contributed by atoms with E-state index in [2.05, 4.69) is 5.32 Å². The summed E-state index contributed by atoms with van der Waals surface area (Å²) in [5.41, 5.74) is -4.28. The van der Waals surface area contributed by atoms with Crippen LogP contribution in [-0.4, -0.2) is 58.3 Å². The smallest absolute Gasteiger partial charge is 0.421 e. The number of nitro groups is 1. The Kier molecular flexibility index (Phi) is 5.45. The number of carbonyl (C=O) groups excluding carboxylic acids is 3. The molecule has 0 aromatic heterocycles. The van der Waals surface area contributed by atoms with Crippen LogP contribution in [0.2, 0.25) is 0 Å². The summed E-state index contributed by atoms with van der Waals surface area (Å²) in [5, 5.41) is 25.4. The molecule has 2 aliphatic rings. The van der Waals surface area contributed by atoms with Gasteiger partial charge < -0.3 is 19.9 Å². The van der Waals surface area contributed by atoms with Crippen molar-refractivity contribution in [3.63, 3.8) is 0 Å². The minimum atomic E-state index is -1.96. The van der Waals surface area contributed by atoms with Gasteiger partial charge in [0.15, 0.2) is 0 Å². The summed E-state index contributed by atoms with van der Waals surface area (Å²) in [7, 11) is 1.41. The van der Waals surface area contributed by atoms with Gasteiger partial charge in [0.25, 0.3) is 6.04 Å². The SMILES string of the molecule is COc1ccc2c(c1)[C@]1(C[C@@](C)(O)[C@@H]([N+](=O)[O-])[C@@H]1NC(C)=O)C(=O)N2C(=O)OC(C)(C)C. The maximum Gasteiger partial charge on any atom is 0.421 e. The fourth-order valence-electron chi connectivity index (χ4n) is 4.76. The van der Waals surface area contributed by atoms with Gasteiger partial charge in [0.2, 0.25) is 11.8 Å². The highest BCUT2D eigenvalue weighted by Gasteiger charge is 2.73. The number of hydrogen-bond donors (Lipinski definition) is 2. The number of nitrogens with zero attached hydrogens (tertiary/aromatic N) is 2. The molecule has 1 heterocycles. The quantitative estimate of drug-likeness (QED) is 0.521. The van der Waals surface area contributed by atoms with E-state index in [-0.39, 0.29) is 11.3 Å². The van der Waals surface area contributed by atoms with Gasteiger partial charge in [0.05, 0.1) is 12.8 Å². The lowest BCUT2D eigenvalue weighted by Crippen LogP contribution is -2.59. The summed E-state index contributed by atoms with van der Waals surface area (Å²) in [6.07, 6.45) is -1.36. The van der Waals surface area contributed by atoms with Gasteiger partial charge in [-0.2, -0.15) is 0 Å². The van der Waals surface area contributed by atoms with Gasteiger partial charge in [-0.15, -0.1) is 0 Å². The molecule has 0 radical (unpaired) electrons. The Hall–Kier alpha value is -3.21. The fourth-order valence-corrected chi connectivity index (χ4v) is 4.76. The van der Waals surface area contributed by atoms with Gasteiger partial charge in [-0.25, -0.2) is 9.69 Å². The number of carbonyl (C=O) groups is 3. The highest BCUT2D eigenvalue weighted by molar-refractivity contribution is 6.22. The van der Waals surface area contributed by atoms with E-state index in [0.29, 0.717) is 5.75 Å². The Balaban J connectivity index is 2.29. The van der Waals surface area contributed by atoms with Crippen LogP contribution in [0.25, 0.3) is 0 Å². The Bertz CT molecular complexity index is 999. The largest absolute Gasteiger partial charge is 0.497 e. The standard InChI is InChI=1S/C21H27N3O8/c1-11(25)22-15-16(24(29)30)20(5,28)10-21(15)13-9-12(31-6)7-8-14(13)23(17(21)26)18(27)32-19(2,3)4/h7-9,15-16,28H,10H2,1-6H3,(H,22,25)/t15-,16-,20+,21-/m0/s1. The van der Waals surface area contributed by atoms with Crippen molar-refractivity contribution in [3.05, 3.63) is 33.9 Å². The molecule has 1 fully saturated rings. The highest BCUT2D eigenvalue weighted by atomic mass is 16.6. The molecule has 11 nitrogen and oxygen atoms in total. The molecule has 1 aromatic rings. The average Bonchev–Trinajstić information content (AvgIpc) is 3.01. The lowest BCUT2D eigenvalue weighted by atomic mass is 9.75. The third-order valence-electron chi connectivity index (χ3n) is 5.79. The van der Waals surface area contributed by atoms with Crippen LogP contribution in [0.3, 0.4) is 0 Å². The second-order valence-corrected chi connectivity index (χ2v) is 9.42. The van der Waals surface area contributed by atoms with Crippen LogP contribution >= 0.6 is 0 Å². The van der Waals surface area contributed by atoms with Gasteiger partial charge in [-0.1, -0.05) is 0 Å². The first-order chi connectivity index (χ1) is 14.7. The Labute approximate surface area is 184 Å². The van der Waals surface area contributed by atoms with E-state index < -0.39 is 58.0 Å². The number of amides is 3. The summed E-state index contributed by atoms with van der Waals surface area (Å²) in [6.45, 7) is 7.32. The number of rotatable bonds is 3. The lowest BCUT2D eigenvalue weighted by Gasteiger charge is -2.30. The summed E-state index contributed by atoms with van der Waals surface area (Å²) >= 11 is 0. The molecule has 0 bridgehead atoms. The van der Waals surface area contributed by atoms with Gasteiger partial charge in [0, 0.05) is 18.3 Å². The van der Waals surface area contributed by atoms with Gasteiger partial charge in [0.1, 0.15) is 28.4 Å². The summed E-state index contributed by atoms with van der Waals surface area (Å²) in [5.74, 6) is -1.10. The van der Waals surface area contributed by atoms with Crippen molar-refractivity contribution in [2.45, 2.75) is 69.7 Å². The predicted molar refractivity (Wildman–Crippen MR) is 112 cm³/mol. The highest BCUT2D eigenvalue weighted by Crippen LogP contribution is 2.56. The molecule has 0 saturated heterocycles. The first-order valence-electron chi connectivity index (χ1n) is 10.0. The Morgan fingerprint density at radius 1 is 1.34 bits per heavy atom. The third kappa shape index (κ3) is 3.56. The lowest BCUT2D eigenvalue weighted by molar-refractivity contribution is -0.543. The molecule has 4 atom stereocenters. The van der Waals surface area contributed by atoms with Crippen molar-refractivity contribution in [3.8, 4) is 5.75 Å². The van der Waals surface area contributed by atoms with E-state index >= 15 is 0 Å². The zero-order valence-electron chi connectivity index (χ0n) is 18.8. The fraction of sp³-hybridized carbons (Fsp3) is 0.571. The molecule has 0 unspecified atom stereocenters. The molecule has 1 aliphatic heterocycles. The topological polar surface area (TPSA) is 148 Å². The van der Waals surface area contributed by atoms with E-state index in [1.54, 1.807) is 20.8 Å². The monoisotopic (exact) mass is 449 g/mol. The van der Waals surface area contributed by atoms with E-state index in [4.69, 9.17) is 9.47 Å². The van der Waals surface area contributed by atoms with E-state index in [1.807, 2.05) is 0 Å². The number of nitrogens with one attached hydrogen (secondary N) is 1. The number of anilines is 1. The van der Waals surface area contributed by atoms with E-state index in [0.717, 1.165) is 11.8 Å². The molecule has 2 N–H and O–H groups in total. The number of imide groups is 1. The van der Waals surface area contributed by atoms with Gasteiger partial charge >= 0.3 is 6.09 Å². The molecule has 1 aromatic carbocycles. The summed E-state index contributed by atoms with van der Waals surface area (Å²) in [4.78, 5) is 50.9. The zero-order valence-corrected chi connectivity index (χ0v) is 18.8. The molecular weight excluding hydrogens is 422 g/mol. The third-order valence-corrected chi connectivity index (χ3v) is 5.79. The van der Waals surface area contributed by atoms with Crippen LogP contribution in [0, 0.1) is 10.1 Å². The van der Waals surface area contributed by atoms with Gasteiger partial charge in [-0.3, -0.25) is 19.7 Å². The first-order valence-corrected chi connectivity index (χ1v) is 10.0. The second-order valence-electron chi connectivity index (χ2n) is 9.42. The van der Waals surface area contributed by atoms with Gasteiger partial charge in [-0.05, 0) is 51.5 Å². The zero-order chi connectivity index (χ0) is 24.2. The molecule has 1 spiro atoms. The molecule has 174 valence electrons. The minimum Gasteiger partial charge on any atom is -0.497 e. The van der Waals surface area contributed by atoms with Crippen LogP contribution in [0.5, 0.6) is 5.75 Å². The average molecular weight is 449 g/mol. The van der Waals surface area contributed by atoms with Crippen LogP contribution < -0.4 is 15.0 Å². The van der Waals surface area contributed by atoms with Crippen LogP contribution in [0.4, 0.5) is 10.5 Å². The van der Waals surface area contributed by atoms with Crippen molar-refractivity contribution in [1.82, 2.24) is 5.32 Å².